The summed E-state index contributed by atoms with van der Waals surface area (Å²) in [5, 5.41) is 12.4. The molecule has 0 aromatic carbocycles. The fraction of sp³-hybridized carbons (Fsp3) is 0.900. The molecular formula is C10H17NO3. The number of nitrogens with one attached hydrogen (secondary N) is 1. The molecule has 2 saturated carbocycles. The van der Waals surface area contributed by atoms with Crippen molar-refractivity contribution in [1.29, 1.82) is 0 Å². The Hall–Kier alpha value is -0.610. The van der Waals surface area contributed by atoms with Gasteiger partial charge in [0.15, 0.2) is 0 Å². The van der Waals surface area contributed by atoms with Crippen molar-refractivity contribution in [3.8, 4) is 0 Å². The first-order valence-corrected chi connectivity index (χ1v) is 5.17. The molecule has 0 saturated heterocycles. The van der Waals surface area contributed by atoms with Crippen LogP contribution >= 0.6 is 0 Å². The van der Waals surface area contributed by atoms with E-state index < -0.39 is 0 Å². The SMILES string of the molecule is COC(=O)C(NC1(CO)CC1)C1CC1. The highest BCUT2D eigenvalue weighted by Crippen LogP contribution is 2.40. The molecule has 1 unspecified atom stereocenters. The molecule has 0 heterocycles. The Labute approximate surface area is 83.6 Å². The summed E-state index contributed by atoms with van der Waals surface area (Å²) in [6.07, 6.45) is 4.11. The van der Waals surface area contributed by atoms with E-state index >= 15 is 0 Å². The summed E-state index contributed by atoms with van der Waals surface area (Å²) in [4.78, 5) is 11.4. The van der Waals surface area contributed by atoms with Gasteiger partial charge in [-0.25, -0.2) is 0 Å². The molecule has 2 aliphatic carbocycles. The van der Waals surface area contributed by atoms with Crippen LogP contribution in [-0.2, 0) is 9.53 Å². The van der Waals surface area contributed by atoms with Crippen molar-refractivity contribution >= 4 is 5.97 Å². The molecule has 0 aliphatic heterocycles. The summed E-state index contributed by atoms with van der Waals surface area (Å²) in [6, 6.07) is -0.199. The van der Waals surface area contributed by atoms with Crippen LogP contribution in [0.25, 0.3) is 0 Å². The molecule has 0 aromatic heterocycles. The molecule has 80 valence electrons. The third kappa shape index (κ3) is 1.91. The number of aliphatic hydroxyl groups excluding tert-OH is 1. The average Bonchev–Trinajstić information content (AvgIpc) is 3.06. The first-order chi connectivity index (χ1) is 6.71. The maximum Gasteiger partial charge on any atom is 0.323 e. The fourth-order valence-corrected chi connectivity index (χ4v) is 1.75. The Kier molecular flexibility index (Phi) is 2.49. The van der Waals surface area contributed by atoms with Crippen LogP contribution in [0.15, 0.2) is 0 Å². The lowest BCUT2D eigenvalue weighted by Gasteiger charge is -2.21. The van der Waals surface area contributed by atoms with Gasteiger partial charge in [0, 0.05) is 5.54 Å². The Morgan fingerprint density at radius 3 is 2.64 bits per heavy atom. The van der Waals surface area contributed by atoms with E-state index in [9.17, 15) is 4.79 Å². The van der Waals surface area contributed by atoms with Crippen molar-refractivity contribution < 1.29 is 14.6 Å². The van der Waals surface area contributed by atoms with Gasteiger partial charge in [-0.2, -0.15) is 0 Å². The third-order valence-electron chi connectivity index (χ3n) is 3.17. The van der Waals surface area contributed by atoms with E-state index in [1.54, 1.807) is 0 Å². The Morgan fingerprint density at radius 1 is 1.64 bits per heavy atom. The Balaban J connectivity index is 1.93. The third-order valence-corrected chi connectivity index (χ3v) is 3.17. The number of aliphatic hydroxyl groups is 1. The highest BCUT2D eigenvalue weighted by Gasteiger charge is 2.48. The minimum atomic E-state index is -0.199. The zero-order chi connectivity index (χ0) is 10.2. The molecule has 4 heteroatoms. The molecule has 2 N–H and O–H groups in total. The molecule has 0 aromatic rings. The van der Waals surface area contributed by atoms with E-state index in [0.29, 0.717) is 5.92 Å². The summed E-state index contributed by atoms with van der Waals surface area (Å²) in [5.41, 5.74) is -0.179. The number of carbonyl (C=O) groups is 1. The predicted octanol–water partition coefficient (Wildman–Crippen LogP) is 0.0525. The van der Waals surface area contributed by atoms with Gasteiger partial charge in [-0.3, -0.25) is 10.1 Å². The van der Waals surface area contributed by atoms with Crippen LogP contribution in [0, 0.1) is 5.92 Å². The summed E-state index contributed by atoms with van der Waals surface area (Å²) in [7, 11) is 1.41. The van der Waals surface area contributed by atoms with E-state index in [-0.39, 0.29) is 24.2 Å². The summed E-state index contributed by atoms with van der Waals surface area (Å²) in [6.45, 7) is 0.118. The number of ether oxygens (including phenoxy) is 1. The summed E-state index contributed by atoms with van der Waals surface area (Å²) < 4.78 is 4.75. The second-order valence-electron chi connectivity index (χ2n) is 4.42. The molecule has 2 aliphatic rings. The molecule has 2 rings (SSSR count). The molecule has 0 amide bonds. The average molecular weight is 199 g/mol. The normalized spacial score (nSPS) is 25.6. The number of esters is 1. The topological polar surface area (TPSA) is 58.6 Å². The maximum absolute atomic E-state index is 11.4. The summed E-state index contributed by atoms with van der Waals surface area (Å²) >= 11 is 0. The van der Waals surface area contributed by atoms with E-state index in [1.807, 2.05) is 0 Å². The second-order valence-corrected chi connectivity index (χ2v) is 4.42. The molecule has 0 radical (unpaired) electrons. The van der Waals surface area contributed by atoms with Crippen molar-refractivity contribution in [2.24, 2.45) is 5.92 Å². The van der Waals surface area contributed by atoms with Gasteiger partial charge < -0.3 is 9.84 Å². The van der Waals surface area contributed by atoms with Crippen LogP contribution in [0.2, 0.25) is 0 Å². The van der Waals surface area contributed by atoms with Crippen LogP contribution in [0.1, 0.15) is 25.7 Å². The van der Waals surface area contributed by atoms with Crippen molar-refractivity contribution in [2.45, 2.75) is 37.3 Å². The van der Waals surface area contributed by atoms with Crippen LogP contribution in [0.4, 0.5) is 0 Å². The van der Waals surface area contributed by atoms with Gasteiger partial charge >= 0.3 is 5.97 Å². The fourth-order valence-electron chi connectivity index (χ4n) is 1.75. The standard InChI is InChI=1S/C10H17NO3/c1-14-9(13)8(7-2-3-7)11-10(6-12)4-5-10/h7-8,11-12H,2-6H2,1H3. The van der Waals surface area contributed by atoms with Gasteiger partial charge in [0.05, 0.1) is 13.7 Å². The van der Waals surface area contributed by atoms with Gasteiger partial charge in [0.1, 0.15) is 6.04 Å². The minimum Gasteiger partial charge on any atom is -0.468 e. The van der Waals surface area contributed by atoms with Crippen molar-refractivity contribution in [1.82, 2.24) is 5.32 Å². The van der Waals surface area contributed by atoms with Crippen LogP contribution < -0.4 is 5.32 Å². The molecule has 1 atom stereocenters. The first kappa shape index (κ1) is 9.93. The minimum absolute atomic E-state index is 0.118. The van der Waals surface area contributed by atoms with Crippen LogP contribution in [0.3, 0.4) is 0 Å². The van der Waals surface area contributed by atoms with E-state index in [0.717, 1.165) is 25.7 Å². The van der Waals surface area contributed by atoms with E-state index in [1.165, 1.54) is 7.11 Å². The van der Waals surface area contributed by atoms with E-state index in [2.05, 4.69) is 5.32 Å². The maximum atomic E-state index is 11.4. The van der Waals surface area contributed by atoms with Crippen molar-refractivity contribution in [3.05, 3.63) is 0 Å². The number of hydrogen-bond acceptors (Lipinski definition) is 4. The lowest BCUT2D eigenvalue weighted by molar-refractivity contribution is -0.144. The zero-order valence-electron chi connectivity index (χ0n) is 8.45. The van der Waals surface area contributed by atoms with Gasteiger partial charge in [-0.15, -0.1) is 0 Å². The van der Waals surface area contributed by atoms with Crippen LogP contribution in [0.5, 0.6) is 0 Å². The molecule has 2 fully saturated rings. The number of carbonyl (C=O) groups excluding carboxylic acids is 1. The van der Waals surface area contributed by atoms with Crippen molar-refractivity contribution in [3.63, 3.8) is 0 Å². The zero-order valence-corrected chi connectivity index (χ0v) is 8.45. The van der Waals surface area contributed by atoms with Gasteiger partial charge in [0.25, 0.3) is 0 Å². The number of hydrogen-bond donors (Lipinski definition) is 2. The molecule has 14 heavy (non-hydrogen) atoms. The number of methoxy groups -OCH3 is 1. The van der Waals surface area contributed by atoms with Gasteiger partial charge in [-0.05, 0) is 31.6 Å². The summed E-state index contributed by atoms with van der Waals surface area (Å²) in [5.74, 6) is 0.235. The smallest absolute Gasteiger partial charge is 0.323 e. The number of rotatable bonds is 5. The monoisotopic (exact) mass is 199 g/mol. The quantitative estimate of drug-likeness (QED) is 0.614. The van der Waals surface area contributed by atoms with Crippen molar-refractivity contribution in [2.75, 3.05) is 13.7 Å². The second kappa shape index (κ2) is 3.51. The highest BCUT2D eigenvalue weighted by molar-refractivity contribution is 5.76. The molecule has 4 nitrogen and oxygen atoms in total. The van der Waals surface area contributed by atoms with E-state index in [4.69, 9.17) is 9.84 Å². The largest absolute Gasteiger partial charge is 0.468 e. The highest BCUT2D eigenvalue weighted by atomic mass is 16.5. The molecular weight excluding hydrogens is 182 g/mol. The Morgan fingerprint density at radius 2 is 2.29 bits per heavy atom. The Bertz CT molecular complexity index is 234. The van der Waals surface area contributed by atoms with Gasteiger partial charge in [0.2, 0.25) is 0 Å². The molecule has 0 spiro atoms. The van der Waals surface area contributed by atoms with Gasteiger partial charge in [-0.1, -0.05) is 0 Å². The molecule has 0 bridgehead atoms. The first-order valence-electron chi connectivity index (χ1n) is 5.17. The predicted molar refractivity (Wildman–Crippen MR) is 50.7 cm³/mol. The lowest BCUT2D eigenvalue weighted by atomic mass is 10.1. The van der Waals surface area contributed by atoms with Crippen LogP contribution in [-0.4, -0.2) is 36.4 Å². The lowest BCUT2D eigenvalue weighted by Crippen LogP contribution is -2.48.